The van der Waals surface area contributed by atoms with E-state index in [-0.39, 0.29) is 22.0 Å². The van der Waals surface area contributed by atoms with E-state index in [2.05, 4.69) is 28.3 Å². The number of nitrogens with zero attached hydrogens (tertiary/aromatic N) is 5. The molecular formula is C30H28ClFN6O2. The van der Waals surface area contributed by atoms with E-state index >= 15 is 0 Å². The van der Waals surface area contributed by atoms with Crippen molar-refractivity contribution in [1.29, 1.82) is 5.26 Å². The Morgan fingerprint density at radius 3 is 2.67 bits per heavy atom. The van der Waals surface area contributed by atoms with Gasteiger partial charge >= 0.3 is 0 Å². The number of hydrogen-bond acceptors (Lipinski definition) is 6. The Kier molecular flexibility index (Phi) is 6.59. The van der Waals surface area contributed by atoms with E-state index in [1.165, 1.54) is 18.2 Å². The van der Waals surface area contributed by atoms with Crippen LogP contribution in [0.25, 0.3) is 16.6 Å². The first-order valence-electron chi connectivity index (χ1n) is 13.3. The molecule has 1 amide bonds. The van der Waals surface area contributed by atoms with E-state index in [0.29, 0.717) is 29.8 Å². The van der Waals surface area contributed by atoms with E-state index in [1.54, 1.807) is 16.9 Å². The van der Waals surface area contributed by atoms with Crippen LogP contribution in [0.1, 0.15) is 42.6 Å². The van der Waals surface area contributed by atoms with Gasteiger partial charge in [0.1, 0.15) is 23.5 Å². The summed E-state index contributed by atoms with van der Waals surface area (Å²) in [7, 11) is 0. The fourth-order valence-electron chi connectivity index (χ4n) is 6.32. The van der Waals surface area contributed by atoms with E-state index in [1.807, 2.05) is 31.3 Å². The average Bonchev–Trinajstić information content (AvgIpc) is 3.61. The second-order valence-corrected chi connectivity index (χ2v) is 11.3. The van der Waals surface area contributed by atoms with Gasteiger partial charge in [-0.1, -0.05) is 11.6 Å². The Balaban J connectivity index is 1.16. The molecule has 1 aromatic carbocycles. The monoisotopic (exact) mass is 558 g/mol. The number of fused-ring (bicyclic) bond motifs is 2. The highest BCUT2D eigenvalue weighted by molar-refractivity contribution is 6.33. The lowest BCUT2D eigenvalue weighted by atomic mass is 9.97. The molecule has 1 unspecified atom stereocenters. The summed E-state index contributed by atoms with van der Waals surface area (Å²) in [5, 5.41) is 17.3. The number of benzene rings is 1. The van der Waals surface area contributed by atoms with Crippen molar-refractivity contribution in [2.45, 2.75) is 32.2 Å². The Morgan fingerprint density at radius 2 is 2.00 bits per heavy atom. The lowest BCUT2D eigenvalue weighted by Gasteiger charge is -2.29. The number of halogens is 2. The molecule has 0 radical (unpaired) electrons. The maximum atomic E-state index is 13.7. The molecule has 40 heavy (non-hydrogen) atoms. The summed E-state index contributed by atoms with van der Waals surface area (Å²) in [4.78, 5) is 20.0. The molecule has 0 bridgehead atoms. The number of carbonyl (C=O) groups excluding carboxylic acids is 1. The van der Waals surface area contributed by atoms with Crippen LogP contribution in [-0.2, 0) is 0 Å². The van der Waals surface area contributed by atoms with Crippen LogP contribution in [0, 0.1) is 29.0 Å². The largest absolute Gasteiger partial charge is 0.492 e. The van der Waals surface area contributed by atoms with E-state index in [0.717, 1.165) is 48.4 Å². The summed E-state index contributed by atoms with van der Waals surface area (Å²) in [6, 6.07) is 12.0. The Labute approximate surface area is 236 Å². The number of rotatable bonds is 6. The number of anilines is 1. The quantitative estimate of drug-likeness (QED) is 0.336. The number of carbonyl (C=O) groups is 1. The van der Waals surface area contributed by atoms with Gasteiger partial charge < -0.3 is 15.0 Å². The first-order valence-corrected chi connectivity index (χ1v) is 13.7. The summed E-state index contributed by atoms with van der Waals surface area (Å²) >= 11 is 6.15. The van der Waals surface area contributed by atoms with Crippen LogP contribution in [0.2, 0.25) is 5.02 Å². The summed E-state index contributed by atoms with van der Waals surface area (Å²) in [5.41, 5.74) is 2.70. The molecule has 204 valence electrons. The Morgan fingerprint density at radius 1 is 1.23 bits per heavy atom. The van der Waals surface area contributed by atoms with Crippen molar-refractivity contribution in [1.82, 2.24) is 19.9 Å². The van der Waals surface area contributed by atoms with Gasteiger partial charge in [-0.25, -0.2) is 13.9 Å². The molecule has 0 spiro atoms. The van der Waals surface area contributed by atoms with Crippen molar-refractivity contribution in [3.8, 4) is 22.9 Å². The van der Waals surface area contributed by atoms with Crippen molar-refractivity contribution >= 4 is 28.8 Å². The highest BCUT2D eigenvalue weighted by Crippen LogP contribution is 2.45. The number of nitriles is 1. The van der Waals surface area contributed by atoms with Crippen LogP contribution >= 0.6 is 11.6 Å². The smallest absolute Gasteiger partial charge is 0.253 e. The van der Waals surface area contributed by atoms with Gasteiger partial charge in [-0.3, -0.25) is 4.79 Å². The number of amides is 1. The van der Waals surface area contributed by atoms with Crippen molar-refractivity contribution in [3.63, 3.8) is 0 Å². The lowest BCUT2D eigenvalue weighted by molar-refractivity contribution is 0.0904. The van der Waals surface area contributed by atoms with Crippen LogP contribution in [0.15, 0.2) is 55.0 Å². The van der Waals surface area contributed by atoms with Gasteiger partial charge in [-0.05, 0) is 74.9 Å². The molecular weight excluding hydrogens is 531 g/mol. The molecule has 6 rings (SSSR count). The molecule has 1 saturated carbocycles. The van der Waals surface area contributed by atoms with Crippen LogP contribution in [0.5, 0.6) is 5.75 Å². The van der Waals surface area contributed by atoms with Crippen LogP contribution < -0.4 is 15.0 Å². The molecule has 10 heteroatoms. The molecule has 1 saturated heterocycles. The molecule has 4 heterocycles. The standard InChI is InChI=1S/C30H28ClFN6O2/c1-3-40-23-9-24(28-21(12-33)14-35-38(28)17-23)18-4-7-27(34-13-18)37-15-19-10-30(2,11-20(19)16-37)36-29(39)25-8-22(32)5-6-26(25)31/h4-9,13-14,17,19-20H,3,10-11,15-16H2,1-2H3,(H,36,39)/t19-,20+,30?. The Hall–Kier alpha value is -4.16. The summed E-state index contributed by atoms with van der Waals surface area (Å²) in [6.45, 7) is 6.18. The van der Waals surface area contributed by atoms with Gasteiger partial charge in [-0.15, -0.1) is 0 Å². The van der Waals surface area contributed by atoms with Gasteiger partial charge in [0.2, 0.25) is 0 Å². The molecule has 1 aliphatic carbocycles. The number of ether oxygens (including phenoxy) is 1. The zero-order valence-electron chi connectivity index (χ0n) is 22.2. The van der Waals surface area contributed by atoms with Gasteiger partial charge in [-0.2, -0.15) is 10.4 Å². The summed E-state index contributed by atoms with van der Waals surface area (Å²) in [6.07, 6.45) is 6.81. The minimum atomic E-state index is -0.487. The van der Waals surface area contributed by atoms with Crippen LogP contribution in [0.3, 0.4) is 0 Å². The van der Waals surface area contributed by atoms with E-state index < -0.39 is 5.82 Å². The molecule has 4 aromatic rings. The zero-order valence-corrected chi connectivity index (χ0v) is 23.0. The van der Waals surface area contributed by atoms with Crippen molar-refractivity contribution in [2.24, 2.45) is 11.8 Å². The SMILES string of the molecule is CCOc1cc(-c2ccc(N3C[C@@H]4CC(C)(NC(=O)c5cc(F)ccc5Cl)C[C@@H]4C3)nc2)c2c(C#N)cnn2c1. The van der Waals surface area contributed by atoms with Gasteiger partial charge in [0.25, 0.3) is 5.91 Å². The fraction of sp³-hybridized carbons (Fsp3) is 0.333. The normalized spacial score (nSPS) is 21.8. The summed E-state index contributed by atoms with van der Waals surface area (Å²) in [5.74, 6) is 1.54. The maximum Gasteiger partial charge on any atom is 0.253 e. The average molecular weight is 559 g/mol. The topological polar surface area (TPSA) is 95.5 Å². The van der Waals surface area contributed by atoms with Crippen molar-refractivity contribution in [2.75, 3.05) is 24.6 Å². The molecule has 1 aliphatic heterocycles. The maximum absolute atomic E-state index is 13.7. The first kappa shape index (κ1) is 26.1. The fourth-order valence-corrected chi connectivity index (χ4v) is 6.52. The third-order valence-corrected chi connectivity index (χ3v) is 8.32. The van der Waals surface area contributed by atoms with Crippen molar-refractivity contribution in [3.05, 3.63) is 77.0 Å². The van der Waals surface area contributed by atoms with Gasteiger partial charge in [0.05, 0.1) is 40.7 Å². The van der Waals surface area contributed by atoms with Crippen molar-refractivity contribution < 1.29 is 13.9 Å². The number of aromatic nitrogens is 3. The number of nitrogens with one attached hydrogen (secondary N) is 1. The Bertz CT molecular complexity index is 1630. The molecule has 8 nitrogen and oxygen atoms in total. The molecule has 3 aromatic heterocycles. The second-order valence-electron chi connectivity index (χ2n) is 10.9. The third-order valence-electron chi connectivity index (χ3n) is 7.99. The minimum Gasteiger partial charge on any atom is -0.492 e. The van der Waals surface area contributed by atoms with Gasteiger partial charge in [0.15, 0.2) is 0 Å². The lowest BCUT2D eigenvalue weighted by Crippen LogP contribution is -2.45. The number of hydrogen-bond donors (Lipinski definition) is 1. The highest BCUT2D eigenvalue weighted by atomic mass is 35.5. The minimum absolute atomic E-state index is 0.160. The van der Waals surface area contributed by atoms with E-state index in [4.69, 9.17) is 21.3 Å². The van der Waals surface area contributed by atoms with Crippen LogP contribution in [0.4, 0.5) is 10.2 Å². The van der Waals surface area contributed by atoms with Crippen LogP contribution in [-0.4, -0.2) is 45.7 Å². The van der Waals surface area contributed by atoms with E-state index in [9.17, 15) is 14.4 Å². The highest BCUT2D eigenvalue weighted by Gasteiger charge is 2.47. The number of pyridine rings is 2. The molecule has 2 aliphatic rings. The predicted molar refractivity (Wildman–Crippen MR) is 150 cm³/mol. The molecule has 1 N–H and O–H groups in total. The molecule has 2 fully saturated rings. The second kappa shape index (κ2) is 10.1. The third kappa shape index (κ3) is 4.73. The predicted octanol–water partition coefficient (Wildman–Crippen LogP) is 5.49. The molecule has 3 atom stereocenters. The zero-order chi connectivity index (χ0) is 28.0. The first-order chi connectivity index (χ1) is 19.3. The summed E-state index contributed by atoms with van der Waals surface area (Å²) < 4.78 is 21.1. The van der Waals surface area contributed by atoms with Gasteiger partial charge in [0, 0.05) is 36.0 Å².